The van der Waals surface area contributed by atoms with Gasteiger partial charge in [-0.3, -0.25) is 19.5 Å². The van der Waals surface area contributed by atoms with Crippen LogP contribution >= 0.6 is 0 Å². The van der Waals surface area contributed by atoms with Gasteiger partial charge in [-0.05, 0) is 74.1 Å². The van der Waals surface area contributed by atoms with Crippen LogP contribution in [-0.4, -0.2) is 88.1 Å². The Labute approximate surface area is 245 Å². The second kappa shape index (κ2) is 12.8. The number of ether oxygens (including phenoxy) is 1. The number of likely N-dealkylation sites (tertiary alicyclic amines) is 1. The summed E-state index contributed by atoms with van der Waals surface area (Å²) in [5, 5.41) is 7.21. The second-order valence-corrected chi connectivity index (χ2v) is 11.3. The van der Waals surface area contributed by atoms with Crippen molar-refractivity contribution in [3.8, 4) is 0 Å². The van der Waals surface area contributed by atoms with E-state index in [1.54, 1.807) is 12.5 Å². The van der Waals surface area contributed by atoms with Crippen LogP contribution in [0.4, 0.5) is 5.82 Å². The van der Waals surface area contributed by atoms with Gasteiger partial charge in [-0.15, -0.1) is 0 Å². The molecule has 220 valence electrons. The molecule has 0 aromatic carbocycles. The molecule has 5 heterocycles. The van der Waals surface area contributed by atoms with E-state index in [1.165, 1.54) is 11.6 Å². The third-order valence-corrected chi connectivity index (χ3v) is 8.31. The monoisotopic (exact) mass is 570 g/mol. The molecule has 2 unspecified atom stereocenters. The Balaban J connectivity index is 1.05. The third kappa shape index (κ3) is 6.52. The molecule has 3 aromatic rings. The highest BCUT2D eigenvalue weighted by atomic mass is 16.5. The quantitative estimate of drug-likeness (QED) is 0.353. The number of aromatic nitrogens is 4. The van der Waals surface area contributed by atoms with Crippen LogP contribution in [0.25, 0.3) is 16.6 Å². The highest BCUT2D eigenvalue weighted by Gasteiger charge is 2.23. The van der Waals surface area contributed by atoms with Gasteiger partial charge in [-0.1, -0.05) is 12.7 Å². The van der Waals surface area contributed by atoms with E-state index in [9.17, 15) is 9.59 Å². The molecule has 11 heteroatoms. The van der Waals surface area contributed by atoms with Crippen LogP contribution in [0.2, 0.25) is 0 Å². The average molecular weight is 571 g/mol. The summed E-state index contributed by atoms with van der Waals surface area (Å²) in [6.45, 7) is 9.04. The van der Waals surface area contributed by atoms with Crippen molar-refractivity contribution in [1.82, 2.24) is 35.5 Å². The first kappa shape index (κ1) is 28.0. The Bertz CT molecular complexity index is 1480. The number of hydrogen-bond donors (Lipinski definition) is 3. The summed E-state index contributed by atoms with van der Waals surface area (Å²) in [6, 6.07) is 6.15. The lowest BCUT2D eigenvalue weighted by Crippen LogP contribution is -2.46. The maximum absolute atomic E-state index is 13.1. The number of nitrogens with zero attached hydrogens (tertiary/aromatic N) is 5. The number of piperidine rings is 1. The van der Waals surface area contributed by atoms with Gasteiger partial charge in [0, 0.05) is 50.2 Å². The van der Waals surface area contributed by atoms with E-state index >= 15 is 0 Å². The van der Waals surface area contributed by atoms with Gasteiger partial charge in [0.1, 0.15) is 23.5 Å². The fourth-order valence-corrected chi connectivity index (χ4v) is 6.13. The molecule has 2 fully saturated rings. The average Bonchev–Trinajstić information content (AvgIpc) is 3.47. The lowest BCUT2D eigenvalue weighted by atomic mass is 9.93. The molecule has 0 saturated carbocycles. The van der Waals surface area contributed by atoms with E-state index in [0.29, 0.717) is 25.5 Å². The highest BCUT2D eigenvalue weighted by Crippen LogP contribution is 2.31. The number of morpholine rings is 1. The topological polar surface area (TPSA) is 128 Å². The lowest BCUT2D eigenvalue weighted by molar-refractivity contribution is -0.117. The number of rotatable bonds is 8. The SMILES string of the molecule is C=CC(=O)NC1CCCN(Cc2ccnc(C(=O)NC3CC=C(c4cc5c(N6CCOCC6)ncnc5[nH]4)CC3)c2)C1. The van der Waals surface area contributed by atoms with Crippen LogP contribution in [0.5, 0.6) is 0 Å². The standard InChI is InChI=1S/C31H38N8O3/c1-2-28(40)35-24-4-3-11-38(19-24)18-21-9-10-32-27(16-21)31(41)36-23-7-5-22(6-8-23)26-17-25-29(37-26)33-20-34-30(25)39-12-14-42-15-13-39/h2,5,9-10,16-17,20,23-24H,1,3-4,6-8,11-15,18-19H2,(H,35,40)(H,36,41)(H,33,34,37). The smallest absolute Gasteiger partial charge is 0.270 e. The maximum Gasteiger partial charge on any atom is 0.270 e. The number of carbonyl (C=O) groups is 2. The van der Waals surface area contributed by atoms with Crippen molar-refractivity contribution in [3.63, 3.8) is 0 Å². The molecular formula is C31H38N8O3. The molecule has 2 amide bonds. The maximum atomic E-state index is 13.1. The number of pyridine rings is 1. The Hall–Kier alpha value is -4.09. The Morgan fingerprint density at radius 2 is 1.98 bits per heavy atom. The fraction of sp³-hybridized carbons (Fsp3) is 0.452. The van der Waals surface area contributed by atoms with Gasteiger partial charge in [-0.2, -0.15) is 0 Å². The fourth-order valence-electron chi connectivity index (χ4n) is 6.13. The van der Waals surface area contributed by atoms with Crippen LogP contribution < -0.4 is 15.5 Å². The highest BCUT2D eigenvalue weighted by molar-refractivity contribution is 5.93. The summed E-state index contributed by atoms with van der Waals surface area (Å²) in [6.07, 6.45) is 11.3. The predicted octanol–water partition coefficient (Wildman–Crippen LogP) is 2.82. The van der Waals surface area contributed by atoms with Gasteiger partial charge >= 0.3 is 0 Å². The molecule has 3 aromatic heterocycles. The molecule has 2 saturated heterocycles. The zero-order chi connectivity index (χ0) is 28.9. The van der Waals surface area contributed by atoms with Gasteiger partial charge in [0.25, 0.3) is 5.91 Å². The van der Waals surface area contributed by atoms with Crippen molar-refractivity contribution >= 4 is 34.2 Å². The number of H-pyrrole nitrogens is 1. The van der Waals surface area contributed by atoms with Crippen LogP contribution in [0.15, 0.2) is 49.5 Å². The van der Waals surface area contributed by atoms with E-state index in [1.807, 2.05) is 12.1 Å². The minimum absolute atomic E-state index is 0.0520. The van der Waals surface area contributed by atoms with E-state index < -0.39 is 0 Å². The molecule has 2 atom stereocenters. The second-order valence-electron chi connectivity index (χ2n) is 11.3. The van der Waals surface area contributed by atoms with Crippen LogP contribution in [-0.2, 0) is 16.1 Å². The summed E-state index contributed by atoms with van der Waals surface area (Å²) < 4.78 is 5.50. The minimum atomic E-state index is -0.149. The van der Waals surface area contributed by atoms with E-state index in [-0.39, 0.29) is 23.9 Å². The zero-order valence-electron chi connectivity index (χ0n) is 23.8. The van der Waals surface area contributed by atoms with Crippen molar-refractivity contribution in [2.45, 2.75) is 50.7 Å². The van der Waals surface area contributed by atoms with Gasteiger partial charge in [-0.25, -0.2) is 9.97 Å². The number of carbonyl (C=O) groups excluding carboxylic acids is 2. The van der Waals surface area contributed by atoms with Crippen LogP contribution in [0, 0.1) is 0 Å². The first-order chi connectivity index (χ1) is 20.6. The molecular weight excluding hydrogens is 532 g/mol. The Morgan fingerprint density at radius 1 is 1.10 bits per heavy atom. The zero-order valence-corrected chi connectivity index (χ0v) is 23.8. The number of fused-ring (bicyclic) bond motifs is 1. The molecule has 3 aliphatic rings. The number of nitrogens with one attached hydrogen (secondary N) is 3. The number of aromatic amines is 1. The summed E-state index contributed by atoms with van der Waals surface area (Å²) in [7, 11) is 0. The van der Waals surface area contributed by atoms with Crippen molar-refractivity contribution in [3.05, 3.63) is 66.4 Å². The van der Waals surface area contributed by atoms with Crippen molar-refractivity contribution in [2.24, 2.45) is 0 Å². The number of amides is 2. The first-order valence-corrected chi connectivity index (χ1v) is 14.8. The molecule has 1 aliphatic carbocycles. The van der Waals surface area contributed by atoms with Gasteiger partial charge in [0.2, 0.25) is 5.91 Å². The van der Waals surface area contributed by atoms with Crippen LogP contribution in [0.1, 0.15) is 53.8 Å². The molecule has 3 N–H and O–H groups in total. The Kier molecular flexibility index (Phi) is 8.57. The first-order valence-electron chi connectivity index (χ1n) is 14.8. The largest absolute Gasteiger partial charge is 0.378 e. The van der Waals surface area contributed by atoms with Gasteiger partial charge in [0.05, 0.1) is 18.6 Å². The summed E-state index contributed by atoms with van der Waals surface area (Å²) >= 11 is 0. The molecule has 0 spiro atoms. The molecule has 11 nitrogen and oxygen atoms in total. The lowest BCUT2D eigenvalue weighted by Gasteiger charge is -2.33. The van der Waals surface area contributed by atoms with E-state index in [2.05, 4.69) is 59.1 Å². The third-order valence-electron chi connectivity index (χ3n) is 8.31. The van der Waals surface area contributed by atoms with E-state index in [0.717, 1.165) is 86.4 Å². The summed E-state index contributed by atoms with van der Waals surface area (Å²) in [5.74, 6) is 0.661. The number of anilines is 1. The van der Waals surface area contributed by atoms with Gasteiger partial charge in [0.15, 0.2) is 0 Å². The Morgan fingerprint density at radius 3 is 2.79 bits per heavy atom. The summed E-state index contributed by atoms with van der Waals surface area (Å²) in [5.41, 5.74) is 4.60. The predicted molar refractivity (Wildman–Crippen MR) is 161 cm³/mol. The van der Waals surface area contributed by atoms with E-state index in [4.69, 9.17) is 4.74 Å². The van der Waals surface area contributed by atoms with Crippen LogP contribution in [0.3, 0.4) is 0 Å². The number of hydrogen-bond acceptors (Lipinski definition) is 8. The molecule has 2 aliphatic heterocycles. The molecule has 42 heavy (non-hydrogen) atoms. The van der Waals surface area contributed by atoms with Crippen molar-refractivity contribution < 1.29 is 14.3 Å². The number of allylic oxidation sites excluding steroid dienone is 1. The molecule has 0 bridgehead atoms. The van der Waals surface area contributed by atoms with Gasteiger partial charge < -0.3 is 25.3 Å². The van der Waals surface area contributed by atoms with Crippen molar-refractivity contribution in [2.75, 3.05) is 44.3 Å². The normalized spacial score (nSPS) is 21.5. The molecule has 0 radical (unpaired) electrons. The minimum Gasteiger partial charge on any atom is -0.378 e. The van der Waals surface area contributed by atoms with Crippen molar-refractivity contribution in [1.29, 1.82) is 0 Å². The molecule has 6 rings (SSSR count). The summed E-state index contributed by atoms with van der Waals surface area (Å²) in [4.78, 5) is 46.2.